The maximum Gasteiger partial charge on any atom is 0.309 e. The predicted octanol–water partition coefficient (Wildman–Crippen LogP) is 1.62. The van der Waals surface area contributed by atoms with E-state index in [1.165, 1.54) is 19.3 Å². The summed E-state index contributed by atoms with van der Waals surface area (Å²) >= 11 is 0. The van der Waals surface area contributed by atoms with Gasteiger partial charge in [0, 0.05) is 23.9 Å². The van der Waals surface area contributed by atoms with Crippen molar-refractivity contribution in [3.05, 3.63) is 30.0 Å². The van der Waals surface area contributed by atoms with E-state index < -0.39 is 5.97 Å². The highest BCUT2D eigenvalue weighted by Gasteiger charge is 2.21. The van der Waals surface area contributed by atoms with Crippen LogP contribution in [0.25, 0.3) is 5.65 Å². The van der Waals surface area contributed by atoms with Gasteiger partial charge in [0.2, 0.25) is 0 Å². The van der Waals surface area contributed by atoms with E-state index in [9.17, 15) is 4.79 Å². The smallest absolute Gasteiger partial charge is 0.309 e. The monoisotopic (exact) mass is 231 g/mol. The summed E-state index contributed by atoms with van der Waals surface area (Å²) in [4.78, 5) is 19.3. The second kappa shape index (κ2) is 3.84. The number of fused-ring (bicyclic) bond motifs is 1. The molecule has 0 unspecified atom stereocenters. The number of aliphatic carboxylic acids is 1. The van der Waals surface area contributed by atoms with Gasteiger partial charge in [0.05, 0.1) is 12.1 Å². The van der Waals surface area contributed by atoms with Crippen LogP contribution in [0.3, 0.4) is 0 Å². The molecule has 0 aromatic carbocycles. The van der Waals surface area contributed by atoms with E-state index in [0.29, 0.717) is 11.6 Å². The highest BCUT2D eigenvalue weighted by Crippen LogP contribution is 2.35. The Morgan fingerprint density at radius 2 is 2.35 bits per heavy atom. The van der Waals surface area contributed by atoms with Crippen molar-refractivity contribution < 1.29 is 9.90 Å². The second-order valence-electron chi connectivity index (χ2n) is 4.51. The van der Waals surface area contributed by atoms with Crippen LogP contribution in [-0.4, -0.2) is 25.4 Å². The molecule has 0 bridgehead atoms. The third-order valence-corrected chi connectivity index (χ3v) is 3.27. The van der Waals surface area contributed by atoms with Crippen LogP contribution in [0, 0.1) is 0 Å². The van der Waals surface area contributed by atoms with Crippen molar-refractivity contribution in [3.63, 3.8) is 0 Å². The number of rotatable bonds is 3. The Labute approximate surface area is 98.1 Å². The van der Waals surface area contributed by atoms with Crippen LogP contribution in [0.4, 0.5) is 0 Å². The van der Waals surface area contributed by atoms with Crippen molar-refractivity contribution >= 4 is 11.6 Å². The lowest BCUT2D eigenvalue weighted by Crippen LogP contribution is -2.10. The predicted molar refractivity (Wildman–Crippen MR) is 60.9 cm³/mol. The highest BCUT2D eigenvalue weighted by molar-refractivity contribution is 5.69. The molecule has 3 rings (SSSR count). The summed E-state index contributed by atoms with van der Waals surface area (Å²) in [5.74, 6) is -0.291. The van der Waals surface area contributed by atoms with E-state index in [-0.39, 0.29) is 6.42 Å². The third-order valence-electron chi connectivity index (χ3n) is 3.27. The number of hydrogen-bond donors (Lipinski definition) is 1. The molecule has 1 aliphatic carbocycles. The van der Waals surface area contributed by atoms with E-state index in [1.807, 2.05) is 6.07 Å². The molecule has 1 fully saturated rings. The van der Waals surface area contributed by atoms with Crippen molar-refractivity contribution in [1.29, 1.82) is 0 Å². The van der Waals surface area contributed by atoms with Crippen LogP contribution >= 0.6 is 0 Å². The Balaban J connectivity index is 1.95. The lowest BCUT2D eigenvalue weighted by atomic mass is 9.83. The molecule has 2 aromatic rings. The molecule has 0 radical (unpaired) electrons. The molecular weight excluding hydrogens is 218 g/mol. The molecule has 0 amide bonds. The molecule has 88 valence electrons. The van der Waals surface area contributed by atoms with Gasteiger partial charge in [-0.2, -0.15) is 0 Å². The Bertz CT molecular complexity index is 572. The van der Waals surface area contributed by atoms with Crippen LogP contribution in [0.5, 0.6) is 0 Å². The first kappa shape index (κ1) is 10.3. The van der Waals surface area contributed by atoms with Gasteiger partial charge >= 0.3 is 5.97 Å². The molecule has 2 aromatic heterocycles. The zero-order valence-corrected chi connectivity index (χ0v) is 9.33. The Morgan fingerprint density at radius 3 is 3.00 bits per heavy atom. The average Bonchev–Trinajstić information content (AvgIpc) is 2.55. The lowest BCUT2D eigenvalue weighted by Gasteiger charge is -2.24. The number of carbonyl (C=O) groups is 1. The van der Waals surface area contributed by atoms with Crippen molar-refractivity contribution in [1.82, 2.24) is 14.4 Å². The summed E-state index contributed by atoms with van der Waals surface area (Å²) < 4.78 is 1.78. The zero-order valence-electron chi connectivity index (χ0n) is 9.33. The van der Waals surface area contributed by atoms with Gasteiger partial charge in [0.1, 0.15) is 12.0 Å². The summed E-state index contributed by atoms with van der Waals surface area (Å²) in [6, 6.07) is 1.97. The number of imidazole rings is 1. The summed E-state index contributed by atoms with van der Waals surface area (Å²) in [5.41, 5.74) is 2.44. The van der Waals surface area contributed by atoms with Crippen LogP contribution in [-0.2, 0) is 11.2 Å². The number of nitrogens with zero attached hydrogens (tertiary/aromatic N) is 3. The summed E-state index contributed by atoms with van der Waals surface area (Å²) in [6.45, 7) is 0. The molecule has 0 aliphatic heterocycles. The normalized spacial score (nSPS) is 16.0. The number of hydrogen-bond acceptors (Lipinski definition) is 3. The molecule has 1 saturated carbocycles. The van der Waals surface area contributed by atoms with Gasteiger partial charge in [-0.25, -0.2) is 9.97 Å². The van der Waals surface area contributed by atoms with Gasteiger partial charge in [-0.05, 0) is 12.8 Å². The molecule has 17 heavy (non-hydrogen) atoms. The largest absolute Gasteiger partial charge is 0.481 e. The molecule has 0 spiro atoms. The van der Waals surface area contributed by atoms with Crippen LogP contribution in [0.1, 0.15) is 36.6 Å². The Kier molecular flexibility index (Phi) is 2.31. The fourth-order valence-corrected chi connectivity index (χ4v) is 2.13. The summed E-state index contributed by atoms with van der Waals surface area (Å²) in [6.07, 6.45) is 7.08. The Morgan fingerprint density at radius 1 is 1.53 bits per heavy atom. The first-order valence-corrected chi connectivity index (χ1v) is 5.78. The lowest BCUT2D eigenvalue weighted by molar-refractivity contribution is -0.136. The van der Waals surface area contributed by atoms with Gasteiger partial charge in [-0.1, -0.05) is 6.42 Å². The minimum Gasteiger partial charge on any atom is -0.481 e. The molecule has 1 N–H and O–H groups in total. The van der Waals surface area contributed by atoms with Gasteiger partial charge in [-0.3, -0.25) is 9.20 Å². The van der Waals surface area contributed by atoms with E-state index in [4.69, 9.17) is 5.11 Å². The highest BCUT2D eigenvalue weighted by atomic mass is 16.4. The number of carboxylic acid groups (broad SMARTS) is 1. The standard InChI is InChI=1S/C12H13N3O2/c16-12(17)4-9-6-15-7-13-10(5-11(15)14-9)8-2-1-3-8/h5-8H,1-4H2,(H,16,17). The molecule has 5 nitrogen and oxygen atoms in total. The summed E-state index contributed by atoms with van der Waals surface area (Å²) in [7, 11) is 0. The minimum atomic E-state index is -0.861. The summed E-state index contributed by atoms with van der Waals surface area (Å²) in [5, 5.41) is 8.72. The van der Waals surface area contributed by atoms with Crippen molar-refractivity contribution in [2.24, 2.45) is 0 Å². The van der Waals surface area contributed by atoms with Crippen LogP contribution in [0.2, 0.25) is 0 Å². The zero-order chi connectivity index (χ0) is 11.8. The fourth-order valence-electron chi connectivity index (χ4n) is 2.13. The van der Waals surface area contributed by atoms with E-state index in [1.54, 1.807) is 16.9 Å². The molecule has 0 atom stereocenters. The van der Waals surface area contributed by atoms with Crippen molar-refractivity contribution in [3.8, 4) is 0 Å². The maximum absolute atomic E-state index is 10.6. The number of aromatic nitrogens is 3. The van der Waals surface area contributed by atoms with E-state index >= 15 is 0 Å². The molecule has 2 heterocycles. The second-order valence-corrected chi connectivity index (χ2v) is 4.51. The quantitative estimate of drug-likeness (QED) is 0.871. The average molecular weight is 231 g/mol. The van der Waals surface area contributed by atoms with Gasteiger partial charge in [0.25, 0.3) is 0 Å². The first-order valence-electron chi connectivity index (χ1n) is 5.78. The van der Waals surface area contributed by atoms with Gasteiger partial charge in [-0.15, -0.1) is 0 Å². The molecule has 1 aliphatic rings. The Hall–Kier alpha value is -1.91. The number of carboxylic acids is 1. The van der Waals surface area contributed by atoms with E-state index in [2.05, 4.69) is 9.97 Å². The molecule has 0 saturated heterocycles. The fraction of sp³-hybridized carbons (Fsp3) is 0.417. The van der Waals surface area contributed by atoms with Crippen molar-refractivity contribution in [2.75, 3.05) is 0 Å². The maximum atomic E-state index is 10.6. The SMILES string of the molecule is O=C(O)Cc1cn2cnc(C3CCC3)cc2n1. The van der Waals surface area contributed by atoms with Gasteiger partial charge in [0.15, 0.2) is 0 Å². The third kappa shape index (κ3) is 1.88. The van der Waals surface area contributed by atoms with Crippen LogP contribution in [0.15, 0.2) is 18.6 Å². The topological polar surface area (TPSA) is 67.5 Å². The van der Waals surface area contributed by atoms with E-state index in [0.717, 1.165) is 11.3 Å². The first-order chi connectivity index (χ1) is 8.22. The van der Waals surface area contributed by atoms with Gasteiger partial charge < -0.3 is 5.11 Å². The van der Waals surface area contributed by atoms with Crippen LogP contribution < -0.4 is 0 Å². The van der Waals surface area contributed by atoms with Crippen molar-refractivity contribution in [2.45, 2.75) is 31.6 Å². The minimum absolute atomic E-state index is 0.0412. The molecular formula is C12H13N3O2. The molecule has 5 heteroatoms.